The van der Waals surface area contributed by atoms with Crippen molar-refractivity contribution in [3.8, 4) is 0 Å². The van der Waals surface area contributed by atoms with Crippen LogP contribution >= 0.6 is 11.9 Å². The summed E-state index contributed by atoms with van der Waals surface area (Å²) in [7, 11) is 0. The second-order valence-electron chi connectivity index (χ2n) is 3.12. The van der Waals surface area contributed by atoms with Crippen molar-refractivity contribution in [2.75, 3.05) is 11.9 Å². The first-order valence-electron chi connectivity index (χ1n) is 4.95. The number of nitrogens with one attached hydrogen (secondary N) is 2. The number of fused-ring (bicyclic) bond motifs is 1. The number of guanidine groups is 1. The maximum atomic E-state index is 4.38. The third kappa shape index (κ3) is 2.59. The van der Waals surface area contributed by atoms with Crippen molar-refractivity contribution in [1.29, 1.82) is 0 Å². The summed E-state index contributed by atoms with van der Waals surface area (Å²) < 4.78 is 3.09. The molecule has 15 heavy (non-hydrogen) atoms. The van der Waals surface area contributed by atoms with Gasteiger partial charge in [-0.05, 0) is 6.42 Å². The van der Waals surface area contributed by atoms with Crippen molar-refractivity contribution in [3.05, 3.63) is 12.4 Å². The van der Waals surface area contributed by atoms with Crippen molar-refractivity contribution in [2.24, 2.45) is 4.99 Å². The Hall–Kier alpha value is -1.30. The standard InChI is InChI=1S/C9H13N5S/c1-2-3-4-12-9-13-7-8(15-14-9)11-6-5-10-7/h5-6H,2-4H2,1H3,(H2,10,12,13,14). The monoisotopic (exact) mass is 223 g/mol. The molecule has 0 aliphatic carbocycles. The first kappa shape index (κ1) is 10.2. The van der Waals surface area contributed by atoms with Crippen LogP contribution in [-0.2, 0) is 0 Å². The number of nitrogens with zero attached hydrogens (tertiary/aromatic N) is 3. The van der Waals surface area contributed by atoms with Gasteiger partial charge in [0, 0.05) is 30.9 Å². The highest BCUT2D eigenvalue weighted by molar-refractivity contribution is 7.98. The largest absolute Gasteiger partial charge is 0.308 e. The Balaban J connectivity index is 2.02. The van der Waals surface area contributed by atoms with Gasteiger partial charge in [-0.1, -0.05) is 13.3 Å². The molecule has 0 saturated heterocycles. The summed E-state index contributed by atoms with van der Waals surface area (Å²) in [5.41, 5.74) is 0. The fourth-order valence-corrected chi connectivity index (χ4v) is 1.76. The molecule has 5 nitrogen and oxygen atoms in total. The highest BCUT2D eigenvalue weighted by Crippen LogP contribution is 2.23. The molecule has 1 aromatic heterocycles. The van der Waals surface area contributed by atoms with Gasteiger partial charge in [0.2, 0.25) is 5.96 Å². The van der Waals surface area contributed by atoms with Gasteiger partial charge in [0.15, 0.2) is 10.8 Å². The van der Waals surface area contributed by atoms with Gasteiger partial charge in [0.25, 0.3) is 0 Å². The number of hydrogen-bond donors (Lipinski definition) is 2. The molecule has 1 aliphatic heterocycles. The van der Waals surface area contributed by atoms with E-state index in [2.05, 4.69) is 31.9 Å². The normalized spacial score (nSPS) is 16.7. The van der Waals surface area contributed by atoms with Crippen molar-refractivity contribution >= 4 is 23.7 Å². The summed E-state index contributed by atoms with van der Waals surface area (Å²) in [5, 5.41) is 3.95. The Bertz CT molecular complexity index is 365. The molecule has 2 rings (SSSR count). The van der Waals surface area contributed by atoms with Crippen LogP contribution in [0.2, 0.25) is 0 Å². The lowest BCUT2D eigenvalue weighted by molar-refractivity contribution is 0.805. The van der Waals surface area contributed by atoms with Gasteiger partial charge < -0.3 is 5.32 Å². The van der Waals surface area contributed by atoms with Crippen LogP contribution in [0.1, 0.15) is 19.8 Å². The summed E-state index contributed by atoms with van der Waals surface area (Å²) in [6.07, 6.45) is 5.60. The molecule has 0 aromatic carbocycles. The molecular formula is C9H13N5S. The minimum absolute atomic E-state index is 0.765. The zero-order valence-corrected chi connectivity index (χ0v) is 9.34. The summed E-state index contributed by atoms with van der Waals surface area (Å²) >= 11 is 1.44. The summed E-state index contributed by atoms with van der Waals surface area (Å²) in [6, 6.07) is 0. The minimum atomic E-state index is 0.765. The molecule has 2 N–H and O–H groups in total. The van der Waals surface area contributed by atoms with Crippen LogP contribution in [0.4, 0.5) is 5.82 Å². The minimum Gasteiger partial charge on any atom is -0.308 e. The topological polar surface area (TPSA) is 62.2 Å². The van der Waals surface area contributed by atoms with Crippen molar-refractivity contribution in [1.82, 2.24) is 14.7 Å². The molecule has 1 aliphatic rings. The van der Waals surface area contributed by atoms with Crippen LogP contribution in [0.25, 0.3) is 0 Å². The molecule has 0 radical (unpaired) electrons. The van der Waals surface area contributed by atoms with Crippen LogP contribution < -0.4 is 10.0 Å². The van der Waals surface area contributed by atoms with Gasteiger partial charge >= 0.3 is 0 Å². The molecule has 0 unspecified atom stereocenters. The van der Waals surface area contributed by atoms with Crippen LogP contribution in [0, 0.1) is 0 Å². The van der Waals surface area contributed by atoms with E-state index in [0.717, 1.165) is 36.2 Å². The quantitative estimate of drug-likeness (QED) is 0.602. The second kappa shape index (κ2) is 4.97. The zero-order chi connectivity index (χ0) is 10.5. The van der Waals surface area contributed by atoms with Crippen molar-refractivity contribution in [2.45, 2.75) is 24.8 Å². The van der Waals surface area contributed by atoms with Crippen LogP contribution in [0.15, 0.2) is 22.4 Å². The van der Waals surface area contributed by atoms with E-state index in [4.69, 9.17) is 0 Å². The molecule has 0 atom stereocenters. The lowest BCUT2D eigenvalue weighted by Crippen LogP contribution is -2.30. The van der Waals surface area contributed by atoms with Crippen molar-refractivity contribution in [3.63, 3.8) is 0 Å². The number of aromatic nitrogens is 2. The Morgan fingerprint density at radius 1 is 1.40 bits per heavy atom. The number of anilines is 1. The van der Waals surface area contributed by atoms with E-state index in [9.17, 15) is 0 Å². The molecule has 0 saturated carbocycles. The molecule has 0 fully saturated rings. The van der Waals surface area contributed by atoms with E-state index in [1.165, 1.54) is 11.9 Å². The first-order chi connectivity index (χ1) is 7.40. The SMILES string of the molecule is CCCCN=C1NSc2nccnc2N1. The zero-order valence-electron chi connectivity index (χ0n) is 8.53. The fourth-order valence-electron chi connectivity index (χ4n) is 1.14. The van der Waals surface area contributed by atoms with E-state index in [0.29, 0.717) is 0 Å². The predicted octanol–water partition coefficient (Wildman–Crippen LogP) is 1.65. The number of hydrogen-bond acceptors (Lipinski definition) is 4. The molecule has 80 valence electrons. The van der Waals surface area contributed by atoms with Crippen molar-refractivity contribution < 1.29 is 0 Å². The van der Waals surface area contributed by atoms with Gasteiger partial charge in [-0.25, -0.2) is 9.97 Å². The highest BCUT2D eigenvalue weighted by Gasteiger charge is 2.14. The summed E-state index contributed by atoms with van der Waals surface area (Å²) in [5.74, 6) is 1.54. The third-order valence-electron chi connectivity index (χ3n) is 1.93. The molecule has 0 amide bonds. The number of aliphatic imine (C=N–C) groups is 1. The van der Waals surface area contributed by atoms with Crippen LogP contribution in [-0.4, -0.2) is 22.5 Å². The van der Waals surface area contributed by atoms with Gasteiger partial charge in [0.05, 0.1) is 0 Å². The average molecular weight is 223 g/mol. The second-order valence-corrected chi connectivity index (χ2v) is 3.92. The molecule has 0 spiro atoms. The van der Waals surface area contributed by atoms with E-state index < -0.39 is 0 Å². The van der Waals surface area contributed by atoms with E-state index in [1.807, 2.05) is 0 Å². The molecule has 0 bridgehead atoms. The Labute approximate surface area is 92.9 Å². The number of rotatable bonds is 3. The first-order valence-corrected chi connectivity index (χ1v) is 5.77. The van der Waals surface area contributed by atoms with E-state index in [1.54, 1.807) is 12.4 Å². The Morgan fingerprint density at radius 3 is 3.13 bits per heavy atom. The average Bonchev–Trinajstić information content (AvgIpc) is 2.29. The molecule has 1 aromatic rings. The molecular weight excluding hydrogens is 210 g/mol. The predicted molar refractivity (Wildman–Crippen MR) is 61.9 cm³/mol. The van der Waals surface area contributed by atoms with Gasteiger partial charge in [-0.2, -0.15) is 0 Å². The number of unbranched alkanes of at least 4 members (excludes halogenated alkanes) is 1. The Morgan fingerprint density at radius 2 is 2.27 bits per heavy atom. The van der Waals surface area contributed by atoms with Crippen LogP contribution in [0.5, 0.6) is 0 Å². The smallest absolute Gasteiger partial charge is 0.207 e. The third-order valence-corrected chi connectivity index (χ3v) is 2.71. The lowest BCUT2D eigenvalue weighted by Gasteiger charge is -2.17. The highest BCUT2D eigenvalue weighted by atomic mass is 32.2. The molecule has 6 heteroatoms. The van der Waals surface area contributed by atoms with E-state index >= 15 is 0 Å². The maximum Gasteiger partial charge on any atom is 0.207 e. The molecule has 2 heterocycles. The summed E-state index contributed by atoms with van der Waals surface area (Å²) in [4.78, 5) is 12.7. The summed E-state index contributed by atoms with van der Waals surface area (Å²) in [6.45, 7) is 2.99. The maximum absolute atomic E-state index is 4.38. The van der Waals surface area contributed by atoms with E-state index in [-0.39, 0.29) is 0 Å². The Kier molecular flexibility index (Phi) is 3.39. The van der Waals surface area contributed by atoms with Gasteiger partial charge in [0.1, 0.15) is 0 Å². The fraction of sp³-hybridized carbons (Fsp3) is 0.444. The van der Waals surface area contributed by atoms with Gasteiger partial charge in [-0.15, -0.1) is 0 Å². The van der Waals surface area contributed by atoms with Crippen LogP contribution in [0.3, 0.4) is 0 Å². The van der Waals surface area contributed by atoms with Gasteiger partial charge in [-0.3, -0.25) is 9.71 Å². The lowest BCUT2D eigenvalue weighted by atomic mass is 10.3.